The van der Waals surface area contributed by atoms with E-state index in [4.69, 9.17) is 11.6 Å². The summed E-state index contributed by atoms with van der Waals surface area (Å²) in [6, 6.07) is 11.9. The number of anilines is 1. The quantitative estimate of drug-likeness (QED) is 0.848. The molecular formula is C16H13ClFNO3S. The minimum Gasteiger partial charge on any atom is -0.322 e. The van der Waals surface area contributed by atoms with Gasteiger partial charge in [0.25, 0.3) is 5.91 Å². The Balaban J connectivity index is 2.20. The second kappa shape index (κ2) is 6.93. The molecule has 0 saturated heterocycles. The second-order valence-corrected chi connectivity index (χ2v) is 7.07. The van der Waals surface area contributed by atoms with Crippen molar-refractivity contribution < 1.29 is 17.6 Å². The van der Waals surface area contributed by atoms with Gasteiger partial charge in [-0.1, -0.05) is 35.4 Å². The lowest BCUT2D eigenvalue weighted by Gasteiger charge is -2.04. The molecule has 2 rings (SSSR count). The van der Waals surface area contributed by atoms with E-state index < -0.39 is 20.9 Å². The van der Waals surface area contributed by atoms with Gasteiger partial charge in [0, 0.05) is 10.7 Å². The Morgan fingerprint density at radius 3 is 2.43 bits per heavy atom. The van der Waals surface area contributed by atoms with Crippen LogP contribution >= 0.6 is 11.6 Å². The van der Waals surface area contributed by atoms with Gasteiger partial charge in [-0.2, -0.15) is 4.39 Å². The number of halogens is 2. The number of nitrogens with one attached hydrogen (secondary N) is 1. The molecular weight excluding hydrogens is 341 g/mol. The predicted molar refractivity (Wildman–Crippen MR) is 87.6 cm³/mol. The first-order valence-electron chi connectivity index (χ1n) is 6.54. The van der Waals surface area contributed by atoms with Crippen molar-refractivity contribution >= 4 is 33.0 Å². The van der Waals surface area contributed by atoms with Gasteiger partial charge in [-0.3, -0.25) is 4.79 Å². The van der Waals surface area contributed by atoms with Crippen LogP contribution in [0.4, 0.5) is 10.1 Å². The molecule has 0 bridgehead atoms. The third-order valence-corrected chi connectivity index (χ3v) is 4.68. The average Bonchev–Trinajstić information content (AvgIpc) is 2.47. The smallest absolute Gasteiger partial charge is 0.252 e. The molecule has 4 nitrogen and oxygen atoms in total. The summed E-state index contributed by atoms with van der Waals surface area (Å²) in [4.78, 5) is 11.5. The fraction of sp³-hybridized carbons (Fsp3) is 0.0625. The Labute approximate surface area is 138 Å². The molecule has 0 unspecified atom stereocenters. The molecule has 0 spiro atoms. The Bertz CT molecular complexity index is 861. The van der Waals surface area contributed by atoms with Crippen LogP contribution in [-0.4, -0.2) is 14.3 Å². The van der Waals surface area contributed by atoms with Gasteiger partial charge in [0.05, 0.1) is 11.0 Å². The van der Waals surface area contributed by atoms with Crippen LogP contribution in [0.5, 0.6) is 0 Å². The Morgan fingerprint density at radius 2 is 1.83 bits per heavy atom. The minimum atomic E-state index is -4.34. The molecule has 1 amide bonds. The molecule has 23 heavy (non-hydrogen) atoms. The van der Waals surface area contributed by atoms with Crippen molar-refractivity contribution in [3.05, 3.63) is 70.4 Å². The maximum absolute atomic E-state index is 14.0. The lowest BCUT2D eigenvalue weighted by Crippen LogP contribution is -2.11. The summed E-state index contributed by atoms with van der Waals surface area (Å²) < 4.78 is 38.1. The average molecular weight is 354 g/mol. The zero-order valence-electron chi connectivity index (χ0n) is 12.1. The van der Waals surface area contributed by atoms with Gasteiger partial charge in [0.1, 0.15) is 0 Å². The number of hydrogen-bond donors (Lipinski definition) is 1. The maximum atomic E-state index is 14.0. The van der Waals surface area contributed by atoms with Crippen LogP contribution in [0.15, 0.2) is 64.7 Å². The van der Waals surface area contributed by atoms with Gasteiger partial charge in [-0.15, -0.1) is 0 Å². The molecule has 2 aromatic rings. The van der Waals surface area contributed by atoms with Crippen molar-refractivity contribution in [2.24, 2.45) is 0 Å². The topological polar surface area (TPSA) is 63.2 Å². The van der Waals surface area contributed by atoms with E-state index >= 15 is 0 Å². The second-order valence-electron chi connectivity index (χ2n) is 4.76. The van der Waals surface area contributed by atoms with E-state index in [1.165, 1.54) is 18.2 Å². The molecule has 0 radical (unpaired) electrons. The van der Waals surface area contributed by atoms with E-state index in [-0.39, 0.29) is 4.90 Å². The summed E-state index contributed by atoms with van der Waals surface area (Å²) in [6.45, 7) is 1.78. The summed E-state index contributed by atoms with van der Waals surface area (Å²) >= 11 is 5.76. The number of hydrogen-bond acceptors (Lipinski definition) is 3. The third-order valence-electron chi connectivity index (χ3n) is 2.92. The van der Waals surface area contributed by atoms with Gasteiger partial charge in [-0.05, 0) is 37.3 Å². The molecule has 0 aliphatic rings. The van der Waals surface area contributed by atoms with Gasteiger partial charge < -0.3 is 5.32 Å². The van der Waals surface area contributed by atoms with E-state index in [9.17, 15) is 17.6 Å². The third kappa shape index (κ3) is 4.40. The molecule has 0 aliphatic carbocycles. The Hall–Kier alpha value is -2.18. The zero-order chi connectivity index (χ0) is 17.0. The normalized spacial score (nSPS) is 12.0. The molecule has 0 atom stereocenters. The molecule has 0 aromatic heterocycles. The van der Waals surface area contributed by atoms with E-state index in [0.717, 1.165) is 5.56 Å². The van der Waals surface area contributed by atoms with Crippen LogP contribution < -0.4 is 5.32 Å². The van der Waals surface area contributed by atoms with E-state index in [1.54, 1.807) is 37.3 Å². The molecule has 0 heterocycles. The fourth-order valence-electron chi connectivity index (χ4n) is 1.76. The van der Waals surface area contributed by atoms with Crippen LogP contribution in [-0.2, 0) is 14.6 Å². The van der Waals surface area contributed by atoms with Crippen molar-refractivity contribution in [2.45, 2.75) is 11.8 Å². The highest BCUT2D eigenvalue weighted by atomic mass is 35.5. The van der Waals surface area contributed by atoms with Crippen LogP contribution in [0, 0.1) is 6.92 Å². The van der Waals surface area contributed by atoms with Gasteiger partial charge >= 0.3 is 0 Å². The first-order valence-corrected chi connectivity index (χ1v) is 8.40. The van der Waals surface area contributed by atoms with Crippen molar-refractivity contribution in [2.75, 3.05) is 5.32 Å². The summed E-state index contributed by atoms with van der Waals surface area (Å²) in [6.07, 6.45) is 0.399. The number of aryl methyl sites for hydroxylation is 1. The Kier molecular flexibility index (Phi) is 5.18. The molecule has 0 fully saturated rings. The largest absolute Gasteiger partial charge is 0.322 e. The van der Waals surface area contributed by atoms with Crippen LogP contribution in [0.25, 0.3) is 0 Å². The van der Waals surface area contributed by atoms with Crippen molar-refractivity contribution in [3.63, 3.8) is 0 Å². The van der Waals surface area contributed by atoms with Gasteiger partial charge in [-0.25, -0.2) is 8.42 Å². The van der Waals surface area contributed by atoms with Crippen molar-refractivity contribution in [1.82, 2.24) is 0 Å². The molecule has 2 aromatic carbocycles. The first-order chi connectivity index (χ1) is 10.8. The minimum absolute atomic E-state index is 0.215. The highest BCUT2D eigenvalue weighted by molar-refractivity contribution is 7.95. The summed E-state index contributed by atoms with van der Waals surface area (Å²) in [5.74, 6) is -0.902. The van der Waals surface area contributed by atoms with Crippen molar-refractivity contribution in [1.29, 1.82) is 0 Å². The van der Waals surface area contributed by atoms with Crippen molar-refractivity contribution in [3.8, 4) is 0 Å². The van der Waals surface area contributed by atoms with E-state index in [0.29, 0.717) is 16.8 Å². The van der Waals surface area contributed by atoms with Gasteiger partial charge in [0.2, 0.25) is 15.0 Å². The number of sulfone groups is 1. The Morgan fingerprint density at radius 1 is 1.17 bits per heavy atom. The van der Waals surface area contributed by atoms with Crippen LogP contribution in [0.1, 0.15) is 5.56 Å². The number of carbonyl (C=O) groups excluding carboxylic acids is 1. The molecule has 0 aliphatic heterocycles. The molecule has 0 saturated carbocycles. The monoisotopic (exact) mass is 353 g/mol. The maximum Gasteiger partial charge on any atom is 0.252 e. The number of benzene rings is 2. The van der Waals surface area contributed by atoms with Crippen LogP contribution in [0.2, 0.25) is 5.02 Å². The summed E-state index contributed by atoms with van der Waals surface area (Å²) in [5.41, 5.74) is 1.17. The SMILES string of the molecule is Cc1ccc(S(=O)(=O)C(F)=CC(=O)Nc2cccc(Cl)c2)cc1. The standard InChI is InChI=1S/C16H13ClFNO3S/c1-11-5-7-14(8-6-11)23(21,22)15(18)10-16(20)19-13-4-2-3-12(17)9-13/h2-10H,1H3,(H,19,20). The van der Waals surface area contributed by atoms with Crippen LogP contribution in [0.3, 0.4) is 0 Å². The number of amides is 1. The molecule has 120 valence electrons. The summed E-state index contributed by atoms with van der Waals surface area (Å²) in [7, 11) is -4.34. The summed E-state index contributed by atoms with van der Waals surface area (Å²) in [5, 5.41) is 1.20. The highest BCUT2D eigenvalue weighted by Gasteiger charge is 2.21. The number of carbonyl (C=O) groups is 1. The fourth-order valence-corrected chi connectivity index (χ4v) is 2.93. The first kappa shape index (κ1) is 17.2. The molecule has 1 N–H and O–H groups in total. The molecule has 7 heteroatoms. The highest BCUT2D eigenvalue weighted by Crippen LogP contribution is 2.21. The number of rotatable bonds is 4. The zero-order valence-corrected chi connectivity index (χ0v) is 13.7. The lowest BCUT2D eigenvalue weighted by molar-refractivity contribution is -0.112. The lowest BCUT2D eigenvalue weighted by atomic mass is 10.2. The van der Waals surface area contributed by atoms with Gasteiger partial charge in [0.15, 0.2) is 0 Å². The predicted octanol–water partition coefficient (Wildman–Crippen LogP) is 3.87. The van der Waals surface area contributed by atoms with E-state index in [2.05, 4.69) is 5.32 Å². The van der Waals surface area contributed by atoms with E-state index in [1.807, 2.05) is 0 Å².